The van der Waals surface area contributed by atoms with E-state index in [1.807, 2.05) is 0 Å². The molecule has 4 nitrogen and oxygen atoms in total. The lowest BCUT2D eigenvalue weighted by atomic mass is 10.2. The van der Waals surface area contributed by atoms with Crippen molar-refractivity contribution in [2.75, 3.05) is 0 Å². The number of carboxylic acid groups (broad SMARTS) is 1. The number of hydrogen-bond donors (Lipinski definition) is 1. The molecule has 110 valence electrons. The van der Waals surface area contributed by atoms with Crippen molar-refractivity contribution in [2.24, 2.45) is 0 Å². The van der Waals surface area contributed by atoms with Crippen molar-refractivity contribution in [1.29, 1.82) is 0 Å². The van der Waals surface area contributed by atoms with Crippen molar-refractivity contribution in [3.8, 4) is 0 Å². The van der Waals surface area contributed by atoms with Crippen LogP contribution in [0, 0.1) is 6.92 Å². The van der Waals surface area contributed by atoms with Gasteiger partial charge in [-0.1, -0.05) is 40.9 Å². The van der Waals surface area contributed by atoms with E-state index in [0.29, 0.717) is 33.0 Å². The van der Waals surface area contributed by atoms with Crippen LogP contribution in [0.5, 0.6) is 0 Å². The van der Waals surface area contributed by atoms with Gasteiger partial charge in [-0.05, 0) is 30.7 Å². The number of carbonyl (C=O) groups is 1. The van der Waals surface area contributed by atoms with E-state index in [-0.39, 0.29) is 0 Å². The molecule has 7 heteroatoms. The number of benzene rings is 1. The average molecular weight is 346 g/mol. The van der Waals surface area contributed by atoms with Gasteiger partial charge in [0.15, 0.2) is 0 Å². The first-order valence-electron chi connectivity index (χ1n) is 5.96. The fourth-order valence-electron chi connectivity index (χ4n) is 1.83. The second-order valence-corrected chi connectivity index (χ2v) is 5.56. The quantitative estimate of drug-likeness (QED) is 0.841. The zero-order valence-corrected chi connectivity index (χ0v) is 13.2. The second kappa shape index (κ2) is 6.52. The highest BCUT2D eigenvalue weighted by Crippen LogP contribution is 2.26. The summed E-state index contributed by atoms with van der Waals surface area (Å²) in [5, 5.41) is 14.4. The number of aliphatic carboxylic acids is 1. The molecule has 2 aromatic rings. The Bertz CT molecular complexity index is 723. The number of nitrogens with zero attached hydrogens (tertiary/aromatic N) is 2. The van der Waals surface area contributed by atoms with E-state index in [2.05, 4.69) is 5.10 Å². The normalized spacial score (nSPS) is 11.2. The molecule has 21 heavy (non-hydrogen) atoms. The predicted octanol–water partition coefficient (Wildman–Crippen LogP) is 4.30. The first-order chi connectivity index (χ1) is 9.88. The number of halogens is 3. The maximum absolute atomic E-state index is 10.6. The number of aromatic nitrogens is 2. The maximum atomic E-state index is 10.6. The van der Waals surface area contributed by atoms with Gasteiger partial charge in [0.1, 0.15) is 5.15 Å². The molecule has 0 aliphatic heterocycles. The minimum absolute atomic E-state index is 0.357. The lowest BCUT2D eigenvalue weighted by Crippen LogP contribution is -2.02. The first-order valence-corrected chi connectivity index (χ1v) is 7.09. The zero-order chi connectivity index (χ0) is 15.6. The standard InChI is InChI=1S/C14H11Cl3N2O2/c1-8-11(4-5-13(20)21)14(17)19(18-8)7-9-2-3-10(15)6-12(9)16/h2-6H,7H2,1H3,(H,20,21). The van der Waals surface area contributed by atoms with Gasteiger partial charge in [-0.2, -0.15) is 5.10 Å². The van der Waals surface area contributed by atoms with Crippen LogP contribution in [0.15, 0.2) is 24.3 Å². The molecule has 0 amide bonds. The fourth-order valence-corrected chi connectivity index (χ4v) is 2.59. The Morgan fingerprint density at radius 3 is 2.71 bits per heavy atom. The van der Waals surface area contributed by atoms with Crippen LogP contribution < -0.4 is 0 Å². The largest absolute Gasteiger partial charge is 0.478 e. The number of hydrogen-bond acceptors (Lipinski definition) is 2. The Labute approximate surface area is 136 Å². The lowest BCUT2D eigenvalue weighted by Gasteiger charge is -2.06. The van der Waals surface area contributed by atoms with Gasteiger partial charge < -0.3 is 5.11 Å². The molecule has 1 aromatic heterocycles. The van der Waals surface area contributed by atoms with E-state index in [9.17, 15) is 4.79 Å². The SMILES string of the molecule is Cc1nn(Cc2ccc(Cl)cc2Cl)c(Cl)c1C=CC(=O)O. The van der Waals surface area contributed by atoms with Crippen LogP contribution in [0.2, 0.25) is 15.2 Å². The highest BCUT2D eigenvalue weighted by atomic mass is 35.5. The Balaban J connectivity index is 2.33. The van der Waals surface area contributed by atoms with Gasteiger partial charge in [-0.3, -0.25) is 0 Å². The molecule has 0 bridgehead atoms. The van der Waals surface area contributed by atoms with Crippen molar-refractivity contribution in [3.63, 3.8) is 0 Å². The van der Waals surface area contributed by atoms with Crippen LogP contribution in [0.1, 0.15) is 16.8 Å². The summed E-state index contributed by atoms with van der Waals surface area (Å²) >= 11 is 18.2. The van der Waals surface area contributed by atoms with Crippen LogP contribution in [-0.4, -0.2) is 20.9 Å². The number of carboxylic acids is 1. The first kappa shape index (κ1) is 15.9. The Morgan fingerprint density at radius 1 is 1.38 bits per heavy atom. The molecule has 0 aliphatic carbocycles. The topological polar surface area (TPSA) is 55.1 Å². The van der Waals surface area contributed by atoms with Gasteiger partial charge in [0.05, 0.1) is 12.2 Å². The fraction of sp³-hybridized carbons (Fsp3) is 0.143. The van der Waals surface area contributed by atoms with Crippen molar-refractivity contribution >= 4 is 46.8 Å². The predicted molar refractivity (Wildman–Crippen MR) is 84.2 cm³/mol. The highest BCUT2D eigenvalue weighted by molar-refractivity contribution is 6.35. The summed E-state index contributed by atoms with van der Waals surface area (Å²) < 4.78 is 1.56. The average Bonchev–Trinajstić information content (AvgIpc) is 2.65. The van der Waals surface area contributed by atoms with E-state index in [0.717, 1.165) is 11.6 Å². The van der Waals surface area contributed by atoms with E-state index < -0.39 is 5.97 Å². The summed E-state index contributed by atoms with van der Waals surface area (Å²) in [7, 11) is 0. The van der Waals surface area contributed by atoms with E-state index in [1.54, 1.807) is 29.8 Å². The lowest BCUT2D eigenvalue weighted by molar-refractivity contribution is -0.131. The third-order valence-electron chi connectivity index (χ3n) is 2.84. The summed E-state index contributed by atoms with van der Waals surface area (Å²) in [6.07, 6.45) is 2.45. The smallest absolute Gasteiger partial charge is 0.328 e. The summed E-state index contributed by atoms with van der Waals surface area (Å²) in [5.74, 6) is -1.04. The van der Waals surface area contributed by atoms with Gasteiger partial charge >= 0.3 is 5.97 Å². The monoisotopic (exact) mass is 344 g/mol. The Kier molecular flexibility index (Phi) is 4.93. The van der Waals surface area contributed by atoms with Crippen LogP contribution in [-0.2, 0) is 11.3 Å². The van der Waals surface area contributed by atoms with E-state index >= 15 is 0 Å². The number of rotatable bonds is 4. The molecule has 1 aromatic carbocycles. The molecule has 1 heterocycles. The molecular formula is C14H11Cl3N2O2. The van der Waals surface area contributed by atoms with Gasteiger partial charge in [0.25, 0.3) is 0 Å². The van der Waals surface area contributed by atoms with E-state index in [4.69, 9.17) is 39.9 Å². The van der Waals surface area contributed by atoms with Crippen LogP contribution in [0.4, 0.5) is 0 Å². The highest BCUT2D eigenvalue weighted by Gasteiger charge is 2.13. The van der Waals surface area contributed by atoms with Gasteiger partial charge in [0.2, 0.25) is 0 Å². The number of aryl methyl sites for hydroxylation is 1. The molecule has 2 rings (SSSR count). The molecule has 1 N–H and O–H groups in total. The van der Waals surface area contributed by atoms with Crippen molar-refractivity contribution in [2.45, 2.75) is 13.5 Å². The van der Waals surface area contributed by atoms with E-state index in [1.165, 1.54) is 6.08 Å². The summed E-state index contributed by atoms with van der Waals surface area (Å²) in [5.41, 5.74) is 2.03. The van der Waals surface area contributed by atoms with Gasteiger partial charge in [-0.25, -0.2) is 9.48 Å². The molecule has 0 saturated heterocycles. The molecule has 0 aliphatic rings. The van der Waals surface area contributed by atoms with Crippen molar-refractivity contribution < 1.29 is 9.90 Å². The molecule has 0 fully saturated rings. The van der Waals surface area contributed by atoms with Crippen molar-refractivity contribution in [1.82, 2.24) is 9.78 Å². The van der Waals surface area contributed by atoms with Gasteiger partial charge in [0, 0.05) is 21.7 Å². The van der Waals surface area contributed by atoms with Crippen LogP contribution >= 0.6 is 34.8 Å². The molecule has 0 spiro atoms. The molecular weight excluding hydrogens is 335 g/mol. The van der Waals surface area contributed by atoms with Gasteiger partial charge in [-0.15, -0.1) is 0 Å². The third kappa shape index (κ3) is 3.79. The summed E-state index contributed by atoms with van der Waals surface area (Å²) in [6, 6.07) is 5.18. The second-order valence-electron chi connectivity index (χ2n) is 4.35. The Morgan fingerprint density at radius 2 is 2.10 bits per heavy atom. The van der Waals surface area contributed by atoms with Crippen molar-refractivity contribution in [3.05, 3.63) is 56.3 Å². The molecule has 0 saturated carbocycles. The maximum Gasteiger partial charge on any atom is 0.328 e. The van der Waals surface area contributed by atoms with Crippen LogP contribution in [0.25, 0.3) is 6.08 Å². The zero-order valence-electron chi connectivity index (χ0n) is 11.0. The molecule has 0 unspecified atom stereocenters. The Hall–Kier alpha value is -1.49. The molecule has 0 radical (unpaired) electrons. The van der Waals surface area contributed by atoms with Crippen LogP contribution in [0.3, 0.4) is 0 Å². The summed E-state index contributed by atoms with van der Waals surface area (Å²) in [6.45, 7) is 2.13. The third-order valence-corrected chi connectivity index (χ3v) is 3.82. The minimum Gasteiger partial charge on any atom is -0.478 e. The molecule has 0 atom stereocenters. The minimum atomic E-state index is -1.04. The summed E-state index contributed by atoms with van der Waals surface area (Å²) in [4.78, 5) is 10.6.